The molecule has 2 fully saturated rings. The van der Waals surface area contributed by atoms with Crippen molar-refractivity contribution in [3.8, 4) is 11.3 Å². The number of amides is 1. The van der Waals surface area contributed by atoms with Crippen molar-refractivity contribution < 1.29 is 9.90 Å². The van der Waals surface area contributed by atoms with E-state index >= 15 is 0 Å². The largest absolute Gasteiger partial charge is 0.388 e. The van der Waals surface area contributed by atoms with Crippen LogP contribution in [-0.4, -0.2) is 56.7 Å². The molecule has 0 bridgehead atoms. The summed E-state index contributed by atoms with van der Waals surface area (Å²) in [6.07, 6.45) is 6.29. The minimum atomic E-state index is -0.826. The lowest BCUT2D eigenvalue weighted by atomic mass is 9.81. The van der Waals surface area contributed by atoms with E-state index in [0.29, 0.717) is 12.2 Å². The average molecular weight is 459 g/mol. The Morgan fingerprint density at radius 3 is 2.59 bits per heavy atom. The molecule has 1 saturated heterocycles. The molecule has 2 N–H and O–H groups in total. The molecule has 1 aliphatic carbocycles. The second kappa shape index (κ2) is 9.72. The van der Waals surface area contributed by atoms with Gasteiger partial charge >= 0.3 is 0 Å². The van der Waals surface area contributed by atoms with Gasteiger partial charge in [-0.2, -0.15) is 0 Å². The Balaban J connectivity index is 1.52. The number of benzene rings is 2. The summed E-state index contributed by atoms with van der Waals surface area (Å²) >= 11 is 0. The number of aromatic nitrogens is 2. The van der Waals surface area contributed by atoms with Crippen LogP contribution in [0.25, 0.3) is 11.3 Å². The van der Waals surface area contributed by atoms with Crippen LogP contribution in [0.4, 0.5) is 0 Å². The molecule has 178 valence electrons. The number of hydrogen-bond donors (Lipinski definition) is 2. The molecule has 2 heterocycles. The lowest BCUT2D eigenvalue weighted by molar-refractivity contribution is -0.0243. The summed E-state index contributed by atoms with van der Waals surface area (Å²) in [6.45, 7) is 4.10. The number of carbonyl (C=O) groups is 1. The van der Waals surface area contributed by atoms with Gasteiger partial charge in [0.25, 0.3) is 5.91 Å². The fourth-order valence-corrected chi connectivity index (χ4v) is 5.61. The maximum atomic E-state index is 14.0. The number of aliphatic hydroxyl groups is 1. The zero-order valence-electron chi connectivity index (χ0n) is 19.9. The summed E-state index contributed by atoms with van der Waals surface area (Å²) in [5, 5.41) is 14.7. The van der Waals surface area contributed by atoms with Crippen molar-refractivity contribution in [2.75, 3.05) is 19.6 Å². The first-order valence-electron chi connectivity index (χ1n) is 12.4. The summed E-state index contributed by atoms with van der Waals surface area (Å²) in [6, 6.07) is 20.3. The van der Waals surface area contributed by atoms with Crippen LogP contribution in [0.15, 0.2) is 67.0 Å². The summed E-state index contributed by atoms with van der Waals surface area (Å²) in [5.41, 5.74) is 2.65. The van der Waals surface area contributed by atoms with Crippen molar-refractivity contribution in [2.45, 2.75) is 56.7 Å². The molecule has 6 nitrogen and oxygen atoms in total. The molecule has 6 heteroatoms. The van der Waals surface area contributed by atoms with Crippen molar-refractivity contribution in [1.82, 2.24) is 19.8 Å². The quantitative estimate of drug-likeness (QED) is 0.605. The number of nitrogens with one attached hydrogen (secondary N) is 1. The molecule has 34 heavy (non-hydrogen) atoms. The highest BCUT2D eigenvalue weighted by Gasteiger charge is 2.39. The van der Waals surface area contributed by atoms with Gasteiger partial charge in [-0.05, 0) is 31.7 Å². The van der Waals surface area contributed by atoms with E-state index in [2.05, 4.69) is 22.0 Å². The number of carbonyl (C=O) groups excluding carboxylic acids is 1. The average Bonchev–Trinajstić information content (AvgIpc) is 3.29. The van der Waals surface area contributed by atoms with Gasteiger partial charge in [-0.25, -0.2) is 4.98 Å². The van der Waals surface area contributed by atoms with Gasteiger partial charge < -0.3 is 19.9 Å². The first kappa shape index (κ1) is 22.8. The number of rotatable bonds is 5. The van der Waals surface area contributed by atoms with E-state index in [-0.39, 0.29) is 18.0 Å². The third-order valence-corrected chi connectivity index (χ3v) is 7.43. The molecule has 2 aliphatic rings. The Kier molecular flexibility index (Phi) is 6.53. The van der Waals surface area contributed by atoms with Gasteiger partial charge in [0.1, 0.15) is 0 Å². The minimum Gasteiger partial charge on any atom is -0.388 e. The van der Waals surface area contributed by atoms with Crippen molar-refractivity contribution in [2.24, 2.45) is 0 Å². The Labute approximate surface area is 201 Å². The molecule has 0 spiro atoms. The highest BCUT2D eigenvalue weighted by atomic mass is 16.3. The Morgan fingerprint density at radius 1 is 1.12 bits per heavy atom. The van der Waals surface area contributed by atoms with Crippen LogP contribution in [0.5, 0.6) is 0 Å². The van der Waals surface area contributed by atoms with Crippen molar-refractivity contribution >= 4 is 5.91 Å². The molecule has 1 amide bonds. The van der Waals surface area contributed by atoms with Crippen molar-refractivity contribution in [1.29, 1.82) is 0 Å². The predicted molar refractivity (Wildman–Crippen MR) is 134 cm³/mol. The molecule has 3 atom stereocenters. The molecule has 3 aromatic rings. The summed E-state index contributed by atoms with van der Waals surface area (Å²) in [4.78, 5) is 20.7. The van der Waals surface area contributed by atoms with Crippen LogP contribution in [-0.2, 0) is 6.42 Å². The Hall–Kier alpha value is -2.96. The van der Waals surface area contributed by atoms with E-state index in [9.17, 15) is 9.90 Å². The smallest absolute Gasteiger partial charge is 0.275 e. The van der Waals surface area contributed by atoms with Gasteiger partial charge in [0, 0.05) is 31.2 Å². The van der Waals surface area contributed by atoms with E-state index in [1.54, 1.807) is 6.33 Å². The van der Waals surface area contributed by atoms with Crippen molar-refractivity contribution in [3.63, 3.8) is 0 Å². The Bertz CT molecular complexity index is 1110. The van der Waals surface area contributed by atoms with Gasteiger partial charge in [-0.3, -0.25) is 4.79 Å². The number of imidazole rings is 1. The van der Waals surface area contributed by atoms with Crippen LogP contribution >= 0.6 is 0 Å². The Morgan fingerprint density at radius 2 is 1.85 bits per heavy atom. The summed E-state index contributed by atoms with van der Waals surface area (Å²) in [5.74, 6) is -0.0320. The van der Waals surface area contributed by atoms with Crippen LogP contribution in [0, 0.1) is 0 Å². The topological polar surface area (TPSA) is 70.4 Å². The summed E-state index contributed by atoms with van der Waals surface area (Å²) in [7, 11) is 0. The SMILES string of the molecule is CC1(O)CCCC[C@H]1n1cnc(C(=O)N2CCNC[C@H]2Cc2ccccc2)c1-c1ccccc1. The monoisotopic (exact) mass is 458 g/mol. The fourth-order valence-electron chi connectivity index (χ4n) is 5.61. The molecule has 2 aromatic carbocycles. The van der Waals surface area contributed by atoms with Gasteiger partial charge in [-0.1, -0.05) is 73.5 Å². The second-order valence-electron chi connectivity index (χ2n) is 9.88. The molecule has 1 unspecified atom stereocenters. The lowest BCUT2D eigenvalue weighted by Crippen LogP contribution is -2.54. The van der Waals surface area contributed by atoms with E-state index in [4.69, 9.17) is 4.98 Å². The highest BCUT2D eigenvalue weighted by Crippen LogP contribution is 2.40. The summed E-state index contributed by atoms with van der Waals surface area (Å²) < 4.78 is 2.07. The van der Waals surface area contributed by atoms with Crippen LogP contribution in [0.1, 0.15) is 54.7 Å². The third-order valence-electron chi connectivity index (χ3n) is 7.43. The van der Waals surface area contributed by atoms with Gasteiger partial charge in [-0.15, -0.1) is 0 Å². The van der Waals surface area contributed by atoms with Crippen LogP contribution < -0.4 is 5.32 Å². The van der Waals surface area contributed by atoms with Gasteiger partial charge in [0.2, 0.25) is 0 Å². The number of hydrogen-bond acceptors (Lipinski definition) is 4. The molecular formula is C28H34N4O2. The third kappa shape index (κ3) is 4.52. The van der Waals surface area contributed by atoms with E-state index in [0.717, 1.165) is 56.5 Å². The maximum Gasteiger partial charge on any atom is 0.275 e. The van der Waals surface area contributed by atoms with Crippen LogP contribution in [0.3, 0.4) is 0 Å². The predicted octanol–water partition coefficient (Wildman–Crippen LogP) is 4.07. The maximum absolute atomic E-state index is 14.0. The highest BCUT2D eigenvalue weighted by molar-refractivity contribution is 5.98. The second-order valence-corrected chi connectivity index (χ2v) is 9.88. The van der Waals surface area contributed by atoms with Gasteiger partial charge in [0.05, 0.1) is 23.7 Å². The first-order valence-corrected chi connectivity index (χ1v) is 12.4. The van der Waals surface area contributed by atoms with E-state index < -0.39 is 5.60 Å². The lowest BCUT2D eigenvalue weighted by Gasteiger charge is -2.39. The van der Waals surface area contributed by atoms with E-state index in [1.165, 1.54) is 5.56 Å². The number of nitrogens with zero attached hydrogens (tertiary/aromatic N) is 3. The molecule has 0 radical (unpaired) electrons. The number of piperazine rings is 1. The molecular weight excluding hydrogens is 424 g/mol. The fraction of sp³-hybridized carbons (Fsp3) is 0.429. The molecule has 1 aromatic heterocycles. The molecule has 1 aliphatic heterocycles. The normalized spacial score (nSPS) is 25.3. The first-order chi connectivity index (χ1) is 16.5. The zero-order chi connectivity index (χ0) is 23.5. The van der Waals surface area contributed by atoms with Gasteiger partial charge in [0.15, 0.2) is 5.69 Å². The minimum absolute atomic E-state index is 0.0320. The molecule has 1 saturated carbocycles. The van der Waals surface area contributed by atoms with Crippen LogP contribution in [0.2, 0.25) is 0 Å². The zero-order valence-corrected chi connectivity index (χ0v) is 19.9. The van der Waals surface area contributed by atoms with E-state index in [1.807, 2.05) is 60.4 Å². The molecule has 5 rings (SSSR count). The van der Waals surface area contributed by atoms with Crippen molar-refractivity contribution in [3.05, 3.63) is 78.2 Å². The standard InChI is InChI=1S/C28H34N4O2/c1-28(34)15-9-8-14-24(28)32-20-30-25(26(32)22-12-6-3-7-13-22)27(33)31-17-16-29-19-23(31)18-21-10-4-2-5-11-21/h2-7,10-13,20,23-24,29,34H,8-9,14-19H2,1H3/t23-,24-,28?/m1/s1.